The van der Waals surface area contributed by atoms with Crippen LogP contribution in [0.15, 0.2) is 42.5 Å². The largest absolute Gasteiger partial charge is 0.323 e. The van der Waals surface area contributed by atoms with Gasteiger partial charge in [-0.25, -0.2) is 4.98 Å². The van der Waals surface area contributed by atoms with Gasteiger partial charge in [0.15, 0.2) is 16.5 Å². The number of rotatable bonds is 7. The van der Waals surface area contributed by atoms with Crippen molar-refractivity contribution in [2.75, 3.05) is 5.32 Å². The molecule has 1 aromatic heterocycles. The van der Waals surface area contributed by atoms with Crippen molar-refractivity contribution in [2.45, 2.75) is 31.0 Å². The van der Waals surface area contributed by atoms with Crippen molar-refractivity contribution in [1.82, 2.24) is 15.2 Å². The minimum atomic E-state index is -1.17. The zero-order valence-corrected chi connectivity index (χ0v) is 17.4. The monoisotopic (exact) mass is 436 g/mol. The van der Waals surface area contributed by atoms with Gasteiger partial charge in [-0.1, -0.05) is 72.4 Å². The molecule has 0 atom stereocenters. The average molecular weight is 438 g/mol. The number of anilines is 1. The zero-order chi connectivity index (χ0) is 20.1. The molecule has 0 saturated heterocycles. The number of nitrogens with one attached hydrogen (secondary N) is 2. The quantitative estimate of drug-likeness (QED) is 0.454. The fourth-order valence-corrected chi connectivity index (χ4v) is 3.27. The van der Waals surface area contributed by atoms with E-state index < -0.39 is 10.7 Å². The van der Waals surface area contributed by atoms with Gasteiger partial charge >= 0.3 is 0 Å². The van der Waals surface area contributed by atoms with Crippen LogP contribution in [0.25, 0.3) is 22.8 Å². The fraction of sp³-hybridized carbons (Fsp3) is 0.250. The summed E-state index contributed by atoms with van der Waals surface area (Å²) in [6, 6.07) is 13.0. The first-order valence-corrected chi connectivity index (χ1v) is 10.1. The van der Waals surface area contributed by atoms with E-state index in [-0.39, 0.29) is 0 Å². The number of aryl methyl sites for hydroxylation is 1. The first-order chi connectivity index (χ1) is 13.5. The number of hydrogen-bond acceptors (Lipinski definition) is 3. The summed E-state index contributed by atoms with van der Waals surface area (Å²) in [6.07, 6.45) is 3.05. The number of benzene rings is 2. The fourth-order valence-electron chi connectivity index (χ4n) is 2.88. The zero-order valence-electron chi connectivity index (χ0n) is 15.2. The minimum Gasteiger partial charge on any atom is -0.323 e. The van der Waals surface area contributed by atoms with E-state index in [1.807, 2.05) is 30.3 Å². The molecule has 0 aliphatic rings. The van der Waals surface area contributed by atoms with Gasteiger partial charge in [-0.05, 0) is 36.6 Å². The van der Waals surface area contributed by atoms with Crippen molar-refractivity contribution in [3.05, 3.63) is 53.1 Å². The maximum absolute atomic E-state index is 11.9. The van der Waals surface area contributed by atoms with Crippen LogP contribution in [-0.2, 0) is 11.2 Å². The van der Waals surface area contributed by atoms with Crippen LogP contribution in [0.4, 0.5) is 5.69 Å². The van der Waals surface area contributed by atoms with Crippen molar-refractivity contribution in [3.8, 4) is 22.8 Å². The van der Waals surface area contributed by atoms with Crippen LogP contribution in [0.3, 0.4) is 0 Å². The standard InChI is InChI=1S/C20H19Cl3N4O/c1-2-3-7-12-8-6-10-14(21)16(12)19-25-18(26-27-19)13-9-4-5-11-15(13)24-20(28)17(22)23/h4-6,8-11,17H,2-3,7H2,1H3,(H,24,28)(H,25,26,27). The number of hydrogen-bond donors (Lipinski definition) is 2. The Morgan fingerprint density at radius 1 is 1.18 bits per heavy atom. The Bertz CT molecular complexity index is 972. The first kappa shape index (κ1) is 20.6. The number of halogens is 3. The molecule has 0 aliphatic carbocycles. The molecule has 3 aromatic rings. The molecule has 0 saturated carbocycles. The highest BCUT2D eigenvalue weighted by Gasteiger charge is 2.18. The highest BCUT2D eigenvalue weighted by Crippen LogP contribution is 2.32. The first-order valence-electron chi connectivity index (χ1n) is 8.89. The topological polar surface area (TPSA) is 70.7 Å². The molecule has 8 heteroatoms. The molecule has 5 nitrogen and oxygen atoms in total. The maximum atomic E-state index is 11.9. The molecule has 2 N–H and O–H groups in total. The predicted molar refractivity (Wildman–Crippen MR) is 115 cm³/mol. The average Bonchev–Trinajstić information content (AvgIpc) is 3.16. The Labute approximate surface area is 178 Å². The molecule has 3 rings (SSSR count). The van der Waals surface area contributed by atoms with E-state index in [0.717, 1.165) is 30.4 Å². The molecule has 0 unspecified atom stereocenters. The third-order valence-corrected chi connectivity index (χ3v) is 4.96. The molecule has 2 aromatic carbocycles. The second kappa shape index (κ2) is 9.41. The summed E-state index contributed by atoms with van der Waals surface area (Å²) < 4.78 is 0. The van der Waals surface area contributed by atoms with Crippen LogP contribution in [0.5, 0.6) is 0 Å². The molecule has 0 radical (unpaired) electrons. The summed E-state index contributed by atoms with van der Waals surface area (Å²) >= 11 is 17.7. The number of H-pyrrole nitrogens is 1. The van der Waals surface area contributed by atoms with E-state index in [1.165, 1.54) is 0 Å². The Morgan fingerprint density at radius 3 is 2.71 bits per heavy atom. The lowest BCUT2D eigenvalue weighted by Gasteiger charge is -2.09. The summed E-state index contributed by atoms with van der Waals surface area (Å²) in [4.78, 5) is 15.3. The Balaban J connectivity index is 1.98. The summed E-state index contributed by atoms with van der Waals surface area (Å²) in [5.74, 6) is 0.507. The SMILES string of the molecule is CCCCc1cccc(Cl)c1-c1nc(-c2ccccc2NC(=O)C(Cl)Cl)n[nH]1. The van der Waals surface area contributed by atoms with E-state index in [1.54, 1.807) is 12.1 Å². The van der Waals surface area contributed by atoms with Gasteiger partial charge in [0.25, 0.3) is 5.91 Å². The van der Waals surface area contributed by atoms with Gasteiger partial charge in [-0.3, -0.25) is 9.89 Å². The molecule has 146 valence electrons. The van der Waals surface area contributed by atoms with Gasteiger partial charge in [0.05, 0.1) is 10.7 Å². The van der Waals surface area contributed by atoms with Crippen molar-refractivity contribution < 1.29 is 4.79 Å². The lowest BCUT2D eigenvalue weighted by atomic mass is 10.0. The lowest BCUT2D eigenvalue weighted by Crippen LogP contribution is -2.19. The number of aromatic amines is 1. The van der Waals surface area contributed by atoms with Crippen molar-refractivity contribution in [3.63, 3.8) is 0 Å². The third kappa shape index (κ3) is 4.66. The number of carbonyl (C=O) groups excluding carboxylic acids is 1. The summed E-state index contributed by atoms with van der Waals surface area (Å²) in [5, 5.41) is 10.6. The van der Waals surface area contributed by atoms with E-state index in [9.17, 15) is 4.79 Å². The van der Waals surface area contributed by atoms with E-state index >= 15 is 0 Å². The van der Waals surface area contributed by atoms with Gasteiger partial charge in [-0.15, -0.1) is 0 Å². The predicted octanol–water partition coefficient (Wildman–Crippen LogP) is 5.88. The second-order valence-electron chi connectivity index (χ2n) is 6.22. The summed E-state index contributed by atoms with van der Waals surface area (Å²) in [5.41, 5.74) is 3.13. The van der Waals surface area contributed by atoms with Crippen molar-refractivity contribution in [1.29, 1.82) is 0 Å². The molecule has 1 amide bonds. The van der Waals surface area contributed by atoms with Crippen LogP contribution >= 0.6 is 34.8 Å². The minimum absolute atomic E-state index is 0.438. The molecule has 0 aliphatic heterocycles. The molecule has 0 fully saturated rings. The van der Waals surface area contributed by atoms with E-state index in [4.69, 9.17) is 34.8 Å². The molecule has 0 bridgehead atoms. The van der Waals surface area contributed by atoms with Crippen LogP contribution in [-0.4, -0.2) is 25.9 Å². The number of alkyl halides is 2. The highest BCUT2D eigenvalue weighted by molar-refractivity contribution is 6.54. The van der Waals surface area contributed by atoms with Crippen molar-refractivity contribution in [2.24, 2.45) is 0 Å². The second-order valence-corrected chi connectivity index (χ2v) is 7.72. The molecular formula is C20H19Cl3N4O. The Kier molecular flexibility index (Phi) is 6.94. The third-order valence-electron chi connectivity index (χ3n) is 4.25. The van der Waals surface area contributed by atoms with Crippen LogP contribution in [0.2, 0.25) is 5.02 Å². The number of para-hydroxylation sites is 1. The summed E-state index contributed by atoms with van der Waals surface area (Å²) in [7, 11) is 0. The highest BCUT2D eigenvalue weighted by atomic mass is 35.5. The van der Waals surface area contributed by atoms with Crippen LogP contribution in [0, 0.1) is 0 Å². The van der Waals surface area contributed by atoms with Gasteiger partial charge < -0.3 is 5.32 Å². The Morgan fingerprint density at radius 2 is 1.96 bits per heavy atom. The number of carbonyl (C=O) groups is 1. The molecule has 1 heterocycles. The molecule has 0 spiro atoms. The number of unbranched alkanes of at least 4 members (excludes halogenated alkanes) is 1. The van der Waals surface area contributed by atoms with Gasteiger partial charge in [0, 0.05) is 11.1 Å². The molecule has 28 heavy (non-hydrogen) atoms. The summed E-state index contributed by atoms with van der Waals surface area (Å²) in [6.45, 7) is 2.15. The lowest BCUT2D eigenvalue weighted by molar-refractivity contribution is -0.114. The molecular weight excluding hydrogens is 419 g/mol. The van der Waals surface area contributed by atoms with E-state index in [0.29, 0.717) is 27.9 Å². The van der Waals surface area contributed by atoms with Gasteiger partial charge in [0.2, 0.25) is 0 Å². The van der Waals surface area contributed by atoms with Crippen LogP contribution in [0.1, 0.15) is 25.3 Å². The number of amides is 1. The maximum Gasteiger partial charge on any atom is 0.257 e. The number of nitrogens with zero attached hydrogens (tertiary/aromatic N) is 2. The van der Waals surface area contributed by atoms with Gasteiger partial charge in [-0.2, -0.15) is 5.10 Å². The Hall–Kier alpha value is -2.08. The van der Waals surface area contributed by atoms with Crippen LogP contribution < -0.4 is 5.32 Å². The smallest absolute Gasteiger partial charge is 0.257 e. The van der Waals surface area contributed by atoms with Gasteiger partial charge in [0.1, 0.15) is 0 Å². The normalized spacial score (nSPS) is 11.0. The van der Waals surface area contributed by atoms with E-state index in [2.05, 4.69) is 27.4 Å². The number of aromatic nitrogens is 3. The van der Waals surface area contributed by atoms with Crippen molar-refractivity contribution >= 4 is 46.4 Å².